The maximum absolute atomic E-state index is 13.4. The zero-order valence-electron chi connectivity index (χ0n) is 8.46. The van der Waals surface area contributed by atoms with Crippen LogP contribution in [0.1, 0.15) is 24.0 Å². The SMILES string of the molecule is COc1cc2c(cc1F)CCC/C2=N\O. The Kier molecular flexibility index (Phi) is 2.58. The predicted molar refractivity (Wildman–Crippen MR) is 54.2 cm³/mol. The number of methoxy groups -OCH3 is 1. The van der Waals surface area contributed by atoms with E-state index in [1.165, 1.54) is 13.2 Å². The zero-order valence-corrected chi connectivity index (χ0v) is 8.46. The van der Waals surface area contributed by atoms with Crippen molar-refractivity contribution in [3.63, 3.8) is 0 Å². The van der Waals surface area contributed by atoms with E-state index in [-0.39, 0.29) is 11.6 Å². The molecule has 0 aliphatic heterocycles. The topological polar surface area (TPSA) is 41.8 Å². The molecule has 1 aromatic carbocycles. The first-order chi connectivity index (χ1) is 7.26. The fourth-order valence-corrected chi connectivity index (χ4v) is 1.91. The molecule has 1 N–H and O–H groups in total. The van der Waals surface area contributed by atoms with Crippen LogP contribution in [0.15, 0.2) is 17.3 Å². The van der Waals surface area contributed by atoms with Gasteiger partial charge in [0, 0.05) is 5.56 Å². The van der Waals surface area contributed by atoms with Crippen molar-refractivity contribution in [3.05, 3.63) is 29.1 Å². The highest BCUT2D eigenvalue weighted by atomic mass is 19.1. The molecule has 4 heteroatoms. The lowest BCUT2D eigenvalue weighted by Crippen LogP contribution is -2.12. The lowest BCUT2D eigenvalue weighted by molar-refractivity contribution is 0.317. The van der Waals surface area contributed by atoms with E-state index < -0.39 is 0 Å². The van der Waals surface area contributed by atoms with Gasteiger partial charge in [0.25, 0.3) is 0 Å². The average molecular weight is 209 g/mol. The quantitative estimate of drug-likeness (QED) is 0.569. The maximum atomic E-state index is 13.4. The van der Waals surface area contributed by atoms with Gasteiger partial charge in [0.05, 0.1) is 12.8 Å². The van der Waals surface area contributed by atoms with Crippen LogP contribution in [-0.2, 0) is 6.42 Å². The third-order valence-electron chi connectivity index (χ3n) is 2.67. The number of hydrogen-bond acceptors (Lipinski definition) is 3. The van der Waals surface area contributed by atoms with Crippen LogP contribution in [0, 0.1) is 5.82 Å². The van der Waals surface area contributed by atoms with Crippen LogP contribution in [0.2, 0.25) is 0 Å². The molecule has 80 valence electrons. The highest BCUT2D eigenvalue weighted by molar-refractivity contribution is 6.02. The molecule has 0 aromatic heterocycles. The van der Waals surface area contributed by atoms with E-state index in [4.69, 9.17) is 9.94 Å². The van der Waals surface area contributed by atoms with Crippen molar-refractivity contribution in [2.75, 3.05) is 7.11 Å². The molecular weight excluding hydrogens is 197 g/mol. The van der Waals surface area contributed by atoms with Crippen LogP contribution in [-0.4, -0.2) is 18.0 Å². The van der Waals surface area contributed by atoms with Gasteiger partial charge in [-0.1, -0.05) is 5.16 Å². The molecular formula is C11H12FNO2. The van der Waals surface area contributed by atoms with Crippen LogP contribution in [0.25, 0.3) is 0 Å². The van der Waals surface area contributed by atoms with Gasteiger partial charge < -0.3 is 9.94 Å². The summed E-state index contributed by atoms with van der Waals surface area (Å²) in [5.74, 6) is -0.174. The number of nitrogens with zero attached hydrogens (tertiary/aromatic N) is 1. The summed E-state index contributed by atoms with van der Waals surface area (Å²) in [4.78, 5) is 0. The number of aryl methyl sites for hydroxylation is 1. The van der Waals surface area contributed by atoms with Gasteiger partial charge in [0.2, 0.25) is 0 Å². The Morgan fingerprint density at radius 2 is 2.20 bits per heavy atom. The van der Waals surface area contributed by atoms with Gasteiger partial charge in [-0.05, 0) is 37.0 Å². The summed E-state index contributed by atoms with van der Waals surface area (Å²) in [6.07, 6.45) is 2.42. The summed E-state index contributed by atoms with van der Waals surface area (Å²) in [6.45, 7) is 0. The molecule has 15 heavy (non-hydrogen) atoms. The Morgan fingerprint density at radius 3 is 2.87 bits per heavy atom. The molecule has 1 aliphatic carbocycles. The largest absolute Gasteiger partial charge is 0.494 e. The Morgan fingerprint density at radius 1 is 1.40 bits per heavy atom. The molecule has 0 fully saturated rings. The molecule has 1 aliphatic rings. The number of benzene rings is 1. The van der Waals surface area contributed by atoms with Crippen LogP contribution < -0.4 is 4.74 Å². The maximum Gasteiger partial charge on any atom is 0.165 e. The van der Waals surface area contributed by atoms with E-state index in [1.54, 1.807) is 6.07 Å². The first kappa shape index (κ1) is 9.96. The summed E-state index contributed by atoms with van der Waals surface area (Å²) in [7, 11) is 1.42. The van der Waals surface area contributed by atoms with Crippen molar-refractivity contribution in [1.82, 2.24) is 0 Å². The predicted octanol–water partition coefficient (Wildman–Crippen LogP) is 2.35. The van der Waals surface area contributed by atoms with Crippen molar-refractivity contribution in [3.8, 4) is 5.75 Å². The van der Waals surface area contributed by atoms with Crippen LogP contribution >= 0.6 is 0 Å². The van der Waals surface area contributed by atoms with Crippen LogP contribution in [0.3, 0.4) is 0 Å². The Labute approximate surface area is 87.2 Å². The minimum absolute atomic E-state index is 0.191. The number of halogens is 1. The lowest BCUT2D eigenvalue weighted by Gasteiger charge is -2.17. The Balaban J connectivity index is 2.56. The highest BCUT2D eigenvalue weighted by Gasteiger charge is 2.19. The molecule has 0 bridgehead atoms. The fraction of sp³-hybridized carbons (Fsp3) is 0.364. The third kappa shape index (κ3) is 1.67. The Hall–Kier alpha value is -1.58. The standard InChI is InChI=1S/C11H12FNO2/c1-15-11-6-8-7(5-9(11)12)3-2-4-10(8)13-14/h5-6,14H,2-4H2,1H3/b13-10+. The van der Waals surface area contributed by atoms with E-state index in [1.807, 2.05) is 0 Å². The van der Waals surface area contributed by atoms with Gasteiger partial charge in [0.15, 0.2) is 11.6 Å². The summed E-state index contributed by atoms with van der Waals surface area (Å²) in [5.41, 5.74) is 2.28. The first-order valence-electron chi connectivity index (χ1n) is 4.84. The number of ether oxygens (including phenoxy) is 1. The molecule has 1 aromatic rings. The van der Waals surface area contributed by atoms with E-state index in [0.717, 1.165) is 30.4 Å². The second kappa shape index (κ2) is 3.88. The van der Waals surface area contributed by atoms with Crippen molar-refractivity contribution in [2.45, 2.75) is 19.3 Å². The number of rotatable bonds is 1. The molecule has 0 spiro atoms. The van der Waals surface area contributed by atoms with E-state index in [0.29, 0.717) is 5.71 Å². The van der Waals surface area contributed by atoms with Gasteiger partial charge in [-0.15, -0.1) is 0 Å². The van der Waals surface area contributed by atoms with Crippen molar-refractivity contribution < 1.29 is 14.3 Å². The van der Waals surface area contributed by atoms with Gasteiger partial charge in [-0.2, -0.15) is 0 Å². The monoisotopic (exact) mass is 209 g/mol. The first-order valence-corrected chi connectivity index (χ1v) is 4.84. The number of fused-ring (bicyclic) bond motifs is 1. The Bertz CT molecular complexity index is 415. The molecule has 0 saturated carbocycles. The number of hydrogen-bond donors (Lipinski definition) is 1. The summed E-state index contributed by atoms with van der Waals surface area (Å²) in [5, 5.41) is 12.1. The lowest BCUT2D eigenvalue weighted by atomic mass is 9.90. The van der Waals surface area contributed by atoms with E-state index >= 15 is 0 Å². The zero-order chi connectivity index (χ0) is 10.8. The van der Waals surface area contributed by atoms with Gasteiger partial charge in [-0.25, -0.2) is 4.39 Å². The minimum atomic E-state index is -0.365. The molecule has 0 heterocycles. The molecule has 3 nitrogen and oxygen atoms in total. The summed E-state index contributed by atoms with van der Waals surface area (Å²) in [6, 6.07) is 3.05. The minimum Gasteiger partial charge on any atom is -0.494 e. The summed E-state index contributed by atoms with van der Waals surface area (Å²) < 4.78 is 18.3. The molecule has 2 rings (SSSR count). The van der Waals surface area contributed by atoms with Crippen molar-refractivity contribution in [1.29, 1.82) is 0 Å². The number of oxime groups is 1. The van der Waals surface area contributed by atoms with Crippen LogP contribution in [0.5, 0.6) is 5.75 Å². The van der Waals surface area contributed by atoms with Gasteiger partial charge in [-0.3, -0.25) is 0 Å². The second-order valence-electron chi connectivity index (χ2n) is 3.54. The van der Waals surface area contributed by atoms with Crippen molar-refractivity contribution in [2.24, 2.45) is 5.16 Å². The van der Waals surface area contributed by atoms with Crippen molar-refractivity contribution >= 4 is 5.71 Å². The van der Waals surface area contributed by atoms with Gasteiger partial charge >= 0.3 is 0 Å². The van der Waals surface area contributed by atoms with E-state index in [2.05, 4.69) is 5.16 Å². The smallest absolute Gasteiger partial charge is 0.165 e. The van der Waals surface area contributed by atoms with Crippen LogP contribution in [0.4, 0.5) is 4.39 Å². The average Bonchev–Trinajstić information content (AvgIpc) is 2.27. The summed E-state index contributed by atoms with van der Waals surface area (Å²) >= 11 is 0. The molecule has 0 radical (unpaired) electrons. The van der Waals surface area contributed by atoms with Gasteiger partial charge in [0.1, 0.15) is 0 Å². The second-order valence-corrected chi connectivity index (χ2v) is 3.54. The normalized spacial score (nSPS) is 17.6. The fourth-order valence-electron chi connectivity index (χ4n) is 1.91. The third-order valence-corrected chi connectivity index (χ3v) is 2.67. The van der Waals surface area contributed by atoms with E-state index in [9.17, 15) is 4.39 Å². The molecule has 0 unspecified atom stereocenters. The molecule has 0 saturated heterocycles. The molecule has 0 atom stereocenters. The highest BCUT2D eigenvalue weighted by Crippen LogP contribution is 2.28. The molecule has 0 amide bonds.